The molecule has 1 aliphatic heterocycles. The third-order valence-electron chi connectivity index (χ3n) is 4.37. The topological polar surface area (TPSA) is 75.6 Å². The summed E-state index contributed by atoms with van der Waals surface area (Å²) in [5.41, 5.74) is 0.623. The molecule has 0 radical (unpaired) electrons. The Morgan fingerprint density at radius 2 is 2.17 bits per heavy atom. The SMILES string of the molecule is Cc1oc(C(C)C)cc1C(=O)N1CCCC1c1nc(N(C)C)no1. The Morgan fingerprint density at radius 1 is 1.42 bits per heavy atom. The normalized spacial score (nSPS) is 17.8. The van der Waals surface area contributed by atoms with Crippen molar-refractivity contribution < 1.29 is 13.7 Å². The van der Waals surface area contributed by atoms with Crippen molar-refractivity contribution in [3.05, 3.63) is 29.0 Å². The van der Waals surface area contributed by atoms with Gasteiger partial charge >= 0.3 is 0 Å². The van der Waals surface area contributed by atoms with Crippen LogP contribution >= 0.6 is 0 Å². The number of rotatable bonds is 4. The molecule has 1 fully saturated rings. The van der Waals surface area contributed by atoms with Gasteiger partial charge in [-0.05, 0) is 31.0 Å². The molecule has 7 heteroatoms. The Labute approximate surface area is 141 Å². The molecule has 1 unspecified atom stereocenters. The van der Waals surface area contributed by atoms with Gasteiger partial charge in [0.05, 0.1) is 5.56 Å². The molecule has 0 saturated carbocycles. The van der Waals surface area contributed by atoms with Crippen molar-refractivity contribution in [2.45, 2.75) is 45.6 Å². The molecule has 2 aromatic rings. The minimum Gasteiger partial charge on any atom is -0.465 e. The highest BCUT2D eigenvalue weighted by Crippen LogP contribution is 2.34. The van der Waals surface area contributed by atoms with Crippen molar-refractivity contribution in [1.29, 1.82) is 0 Å². The summed E-state index contributed by atoms with van der Waals surface area (Å²) in [6, 6.07) is 1.69. The lowest BCUT2D eigenvalue weighted by atomic mass is 10.1. The molecule has 2 aromatic heterocycles. The molecule has 1 amide bonds. The van der Waals surface area contributed by atoms with Crippen molar-refractivity contribution in [2.75, 3.05) is 25.5 Å². The fraction of sp³-hybridized carbons (Fsp3) is 0.588. The fourth-order valence-corrected chi connectivity index (χ4v) is 2.97. The Bertz CT molecular complexity index is 732. The monoisotopic (exact) mass is 332 g/mol. The number of aromatic nitrogens is 2. The smallest absolute Gasteiger partial charge is 0.265 e. The maximum atomic E-state index is 13.0. The highest BCUT2D eigenvalue weighted by atomic mass is 16.5. The van der Waals surface area contributed by atoms with Crippen molar-refractivity contribution >= 4 is 11.9 Å². The molecule has 0 N–H and O–H groups in total. The van der Waals surface area contributed by atoms with Crippen molar-refractivity contribution in [1.82, 2.24) is 15.0 Å². The second-order valence-electron chi connectivity index (χ2n) is 6.76. The number of carbonyl (C=O) groups excluding carboxylic acids is 1. The van der Waals surface area contributed by atoms with Gasteiger partial charge in [-0.15, -0.1) is 0 Å². The zero-order valence-electron chi connectivity index (χ0n) is 14.9. The molecular formula is C17H24N4O3. The van der Waals surface area contributed by atoms with Gasteiger partial charge in [0, 0.05) is 26.6 Å². The molecular weight excluding hydrogens is 308 g/mol. The predicted molar refractivity (Wildman–Crippen MR) is 89.2 cm³/mol. The number of anilines is 1. The average molecular weight is 332 g/mol. The summed E-state index contributed by atoms with van der Waals surface area (Å²) in [5.74, 6) is 2.72. The first-order chi connectivity index (χ1) is 11.4. The zero-order valence-corrected chi connectivity index (χ0v) is 14.9. The molecule has 7 nitrogen and oxygen atoms in total. The van der Waals surface area contributed by atoms with Crippen LogP contribution in [0.25, 0.3) is 0 Å². The van der Waals surface area contributed by atoms with Gasteiger partial charge in [0.1, 0.15) is 17.6 Å². The van der Waals surface area contributed by atoms with Gasteiger partial charge in [0.25, 0.3) is 17.7 Å². The van der Waals surface area contributed by atoms with E-state index in [1.807, 2.05) is 45.8 Å². The zero-order chi connectivity index (χ0) is 17.4. The molecule has 3 rings (SSSR count). The molecule has 0 bridgehead atoms. The van der Waals surface area contributed by atoms with Crippen LogP contribution in [0.1, 0.15) is 66.4 Å². The number of hydrogen-bond acceptors (Lipinski definition) is 6. The molecule has 3 heterocycles. The number of likely N-dealkylation sites (tertiary alicyclic amines) is 1. The van der Waals surface area contributed by atoms with Crippen LogP contribution in [0.3, 0.4) is 0 Å². The van der Waals surface area contributed by atoms with E-state index in [9.17, 15) is 4.79 Å². The van der Waals surface area contributed by atoms with Crippen LogP contribution in [0.2, 0.25) is 0 Å². The number of hydrogen-bond donors (Lipinski definition) is 0. The molecule has 1 atom stereocenters. The van der Waals surface area contributed by atoms with E-state index in [1.165, 1.54) is 0 Å². The highest BCUT2D eigenvalue weighted by molar-refractivity contribution is 5.95. The van der Waals surface area contributed by atoms with E-state index in [1.54, 1.807) is 4.90 Å². The third kappa shape index (κ3) is 2.90. The molecule has 24 heavy (non-hydrogen) atoms. The standard InChI is InChI=1S/C17H24N4O3/c1-10(2)14-9-12(11(3)23-14)16(22)21-8-6-7-13(21)15-18-17(19-24-15)20(4)5/h9-10,13H,6-8H2,1-5H3. The Balaban J connectivity index is 1.85. The van der Waals surface area contributed by atoms with Crippen molar-refractivity contribution in [3.63, 3.8) is 0 Å². The van der Waals surface area contributed by atoms with E-state index >= 15 is 0 Å². The van der Waals surface area contributed by atoms with E-state index in [0.717, 1.165) is 18.6 Å². The van der Waals surface area contributed by atoms with E-state index in [2.05, 4.69) is 10.1 Å². The molecule has 0 spiro atoms. The summed E-state index contributed by atoms with van der Waals surface area (Å²) in [6.45, 7) is 6.62. The first kappa shape index (κ1) is 16.5. The summed E-state index contributed by atoms with van der Waals surface area (Å²) in [7, 11) is 3.71. The first-order valence-electron chi connectivity index (χ1n) is 8.30. The third-order valence-corrected chi connectivity index (χ3v) is 4.37. The van der Waals surface area contributed by atoms with Crippen LogP contribution in [-0.4, -0.2) is 41.6 Å². The van der Waals surface area contributed by atoms with E-state index in [-0.39, 0.29) is 17.9 Å². The Morgan fingerprint density at radius 3 is 2.75 bits per heavy atom. The second kappa shape index (κ2) is 6.30. The summed E-state index contributed by atoms with van der Waals surface area (Å²) < 4.78 is 11.1. The van der Waals surface area contributed by atoms with E-state index in [4.69, 9.17) is 8.94 Å². The van der Waals surface area contributed by atoms with Gasteiger partial charge in [-0.2, -0.15) is 4.98 Å². The summed E-state index contributed by atoms with van der Waals surface area (Å²) >= 11 is 0. The number of carbonyl (C=O) groups is 1. The fourth-order valence-electron chi connectivity index (χ4n) is 2.97. The number of amides is 1. The molecule has 1 saturated heterocycles. The van der Waals surface area contributed by atoms with E-state index in [0.29, 0.717) is 29.7 Å². The van der Waals surface area contributed by atoms with Gasteiger partial charge in [-0.1, -0.05) is 13.8 Å². The maximum absolute atomic E-state index is 13.0. The minimum absolute atomic E-state index is 0.0322. The Kier molecular flexibility index (Phi) is 4.34. The summed E-state index contributed by atoms with van der Waals surface area (Å²) in [4.78, 5) is 21.0. The van der Waals surface area contributed by atoms with Crippen molar-refractivity contribution in [2.24, 2.45) is 0 Å². The summed E-state index contributed by atoms with van der Waals surface area (Å²) in [6.07, 6.45) is 1.75. The quantitative estimate of drug-likeness (QED) is 0.856. The molecule has 0 aliphatic carbocycles. The van der Waals surface area contributed by atoms with Gasteiger partial charge in [-0.3, -0.25) is 4.79 Å². The second-order valence-corrected chi connectivity index (χ2v) is 6.76. The van der Waals surface area contributed by atoms with Gasteiger partial charge in [0.15, 0.2) is 0 Å². The number of nitrogens with zero attached hydrogens (tertiary/aromatic N) is 4. The largest absolute Gasteiger partial charge is 0.465 e. The lowest BCUT2D eigenvalue weighted by Gasteiger charge is -2.21. The lowest BCUT2D eigenvalue weighted by molar-refractivity contribution is 0.0708. The van der Waals surface area contributed by atoms with Gasteiger partial charge in [0.2, 0.25) is 0 Å². The number of aryl methyl sites for hydroxylation is 1. The molecule has 130 valence electrons. The number of furan rings is 1. The lowest BCUT2D eigenvalue weighted by Crippen LogP contribution is -2.31. The molecule has 0 aromatic carbocycles. The van der Waals surface area contributed by atoms with Crippen LogP contribution in [-0.2, 0) is 0 Å². The minimum atomic E-state index is -0.171. The van der Waals surface area contributed by atoms with Crippen LogP contribution < -0.4 is 4.90 Å². The van der Waals surface area contributed by atoms with Crippen LogP contribution in [0.5, 0.6) is 0 Å². The van der Waals surface area contributed by atoms with Crippen LogP contribution in [0.4, 0.5) is 5.95 Å². The van der Waals surface area contributed by atoms with E-state index < -0.39 is 0 Å². The summed E-state index contributed by atoms with van der Waals surface area (Å²) in [5, 5.41) is 3.95. The maximum Gasteiger partial charge on any atom is 0.265 e. The Hall–Kier alpha value is -2.31. The highest BCUT2D eigenvalue weighted by Gasteiger charge is 2.36. The van der Waals surface area contributed by atoms with Gasteiger partial charge < -0.3 is 18.7 Å². The van der Waals surface area contributed by atoms with Crippen LogP contribution in [0.15, 0.2) is 15.0 Å². The molecule has 1 aliphatic rings. The first-order valence-corrected chi connectivity index (χ1v) is 8.30. The van der Waals surface area contributed by atoms with Crippen LogP contribution in [0, 0.1) is 6.92 Å². The predicted octanol–water partition coefficient (Wildman–Crippen LogP) is 3.14. The van der Waals surface area contributed by atoms with Crippen molar-refractivity contribution in [3.8, 4) is 0 Å². The average Bonchev–Trinajstić information content (AvgIpc) is 3.24. The van der Waals surface area contributed by atoms with Gasteiger partial charge in [-0.25, -0.2) is 0 Å².